The Kier molecular flexibility index (Phi) is 9.16. The molecule has 306 valence electrons. The van der Waals surface area contributed by atoms with Crippen LogP contribution in [0.1, 0.15) is 11.1 Å². The molecule has 0 spiro atoms. The van der Waals surface area contributed by atoms with E-state index in [9.17, 15) is 10.5 Å². The number of rotatable bonds is 7. The van der Waals surface area contributed by atoms with Gasteiger partial charge in [0.15, 0.2) is 0 Å². The molecular weight excluding hydrogens is 805 g/mol. The van der Waals surface area contributed by atoms with Crippen LogP contribution in [0.3, 0.4) is 0 Å². The van der Waals surface area contributed by atoms with Crippen LogP contribution in [0.25, 0.3) is 111 Å². The SMILES string of the molecule is N#Cc1cccc(-c2cc(-n3c4ccccc4c4cc(-c5ccc(-c6ccccc6)nc5)ccc43)c(-n3c4ccccc4c4cc(-c5ccc(-c6ccccc6)nc5)ccc43)cc2C#N)c1. The van der Waals surface area contributed by atoms with Crippen LogP contribution in [0.4, 0.5) is 0 Å². The predicted octanol–water partition coefficient (Wildman–Crippen LogP) is 14.7. The first-order valence-electron chi connectivity index (χ1n) is 21.8. The van der Waals surface area contributed by atoms with Gasteiger partial charge in [-0.2, -0.15) is 10.5 Å². The molecule has 12 rings (SSSR count). The lowest BCUT2D eigenvalue weighted by Gasteiger charge is -2.19. The van der Waals surface area contributed by atoms with Gasteiger partial charge in [-0.15, -0.1) is 0 Å². The van der Waals surface area contributed by atoms with Gasteiger partial charge in [0, 0.05) is 61.8 Å². The first kappa shape index (κ1) is 38.3. The van der Waals surface area contributed by atoms with E-state index in [2.05, 4.69) is 161 Å². The molecule has 0 aliphatic carbocycles. The Morgan fingerprint density at radius 2 is 0.803 bits per heavy atom. The summed E-state index contributed by atoms with van der Waals surface area (Å²) in [6, 6.07) is 75.6. The van der Waals surface area contributed by atoms with Gasteiger partial charge in [-0.1, -0.05) is 133 Å². The van der Waals surface area contributed by atoms with Crippen molar-refractivity contribution >= 4 is 43.6 Å². The molecule has 4 heterocycles. The van der Waals surface area contributed by atoms with Crippen LogP contribution < -0.4 is 0 Å². The van der Waals surface area contributed by atoms with Crippen LogP contribution in [0.2, 0.25) is 0 Å². The molecule has 8 aromatic carbocycles. The fourth-order valence-corrected chi connectivity index (χ4v) is 9.54. The van der Waals surface area contributed by atoms with Crippen molar-refractivity contribution in [1.82, 2.24) is 19.1 Å². The number of para-hydroxylation sites is 2. The summed E-state index contributed by atoms with van der Waals surface area (Å²) in [5.74, 6) is 0. The van der Waals surface area contributed by atoms with Gasteiger partial charge in [0.25, 0.3) is 0 Å². The van der Waals surface area contributed by atoms with E-state index in [1.165, 1.54) is 0 Å². The molecule has 0 N–H and O–H groups in total. The lowest BCUT2D eigenvalue weighted by atomic mass is 9.96. The van der Waals surface area contributed by atoms with Gasteiger partial charge in [-0.05, 0) is 89.5 Å². The summed E-state index contributed by atoms with van der Waals surface area (Å²) in [5, 5.41) is 25.3. The highest BCUT2D eigenvalue weighted by Gasteiger charge is 2.23. The molecule has 66 heavy (non-hydrogen) atoms. The van der Waals surface area contributed by atoms with Crippen LogP contribution in [0.5, 0.6) is 0 Å². The zero-order chi connectivity index (χ0) is 44.1. The second-order valence-electron chi connectivity index (χ2n) is 16.5. The molecular formula is C60H36N6. The fourth-order valence-electron chi connectivity index (χ4n) is 9.54. The Morgan fingerprint density at radius 1 is 0.333 bits per heavy atom. The van der Waals surface area contributed by atoms with E-state index in [4.69, 9.17) is 9.97 Å². The molecule has 0 fully saturated rings. The van der Waals surface area contributed by atoms with Crippen LogP contribution in [-0.4, -0.2) is 19.1 Å². The number of nitriles is 2. The molecule has 0 saturated heterocycles. The fraction of sp³-hybridized carbons (Fsp3) is 0. The van der Waals surface area contributed by atoms with Crippen molar-refractivity contribution in [1.29, 1.82) is 10.5 Å². The van der Waals surface area contributed by atoms with Crippen molar-refractivity contribution in [3.8, 4) is 79.4 Å². The largest absolute Gasteiger partial charge is 0.307 e. The number of nitrogens with zero attached hydrogens (tertiary/aromatic N) is 6. The molecule has 6 heteroatoms. The molecule has 4 aromatic heterocycles. The second-order valence-corrected chi connectivity index (χ2v) is 16.5. The second kappa shape index (κ2) is 15.8. The lowest BCUT2D eigenvalue weighted by molar-refractivity contribution is 1.09. The highest BCUT2D eigenvalue weighted by molar-refractivity contribution is 6.13. The highest BCUT2D eigenvalue weighted by Crippen LogP contribution is 2.42. The van der Waals surface area contributed by atoms with Gasteiger partial charge in [-0.25, -0.2) is 0 Å². The topological polar surface area (TPSA) is 83.2 Å². The third kappa shape index (κ3) is 6.41. The molecule has 0 saturated carbocycles. The maximum Gasteiger partial charge on any atom is 0.0998 e. The minimum absolute atomic E-state index is 0.505. The molecule has 0 aliphatic rings. The smallest absolute Gasteiger partial charge is 0.0998 e. The Bertz CT molecular complexity index is 3920. The zero-order valence-corrected chi connectivity index (χ0v) is 35.5. The van der Waals surface area contributed by atoms with E-state index in [0.29, 0.717) is 11.1 Å². The summed E-state index contributed by atoms with van der Waals surface area (Å²) >= 11 is 0. The van der Waals surface area contributed by atoms with E-state index in [1.54, 1.807) is 6.07 Å². The molecule has 0 amide bonds. The summed E-state index contributed by atoms with van der Waals surface area (Å²) in [5.41, 5.74) is 16.6. The van der Waals surface area contributed by atoms with Crippen molar-refractivity contribution in [3.63, 3.8) is 0 Å². The van der Waals surface area contributed by atoms with Gasteiger partial charge in [0.1, 0.15) is 0 Å². The van der Waals surface area contributed by atoms with Crippen molar-refractivity contribution in [2.45, 2.75) is 0 Å². The normalized spacial score (nSPS) is 11.3. The van der Waals surface area contributed by atoms with E-state index in [0.717, 1.165) is 111 Å². The molecule has 0 aliphatic heterocycles. The summed E-state index contributed by atoms with van der Waals surface area (Å²) in [7, 11) is 0. The van der Waals surface area contributed by atoms with Crippen LogP contribution >= 0.6 is 0 Å². The van der Waals surface area contributed by atoms with Gasteiger partial charge >= 0.3 is 0 Å². The summed E-state index contributed by atoms with van der Waals surface area (Å²) in [4.78, 5) is 9.71. The predicted molar refractivity (Wildman–Crippen MR) is 267 cm³/mol. The van der Waals surface area contributed by atoms with Gasteiger partial charge in [-0.3, -0.25) is 9.97 Å². The molecule has 0 radical (unpaired) electrons. The summed E-state index contributed by atoms with van der Waals surface area (Å²) < 4.78 is 4.63. The molecule has 0 bridgehead atoms. The number of hydrogen-bond donors (Lipinski definition) is 0. The molecule has 6 nitrogen and oxygen atoms in total. The zero-order valence-electron chi connectivity index (χ0n) is 35.5. The minimum atomic E-state index is 0.505. The summed E-state index contributed by atoms with van der Waals surface area (Å²) in [6.07, 6.45) is 3.90. The van der Waals surface area contributed by atoms with E-state index < -0.39 is 0 Å². The quantitative estimate of drug-likeness (QED) is 0.160. The minimum Gasteiger partial charge on any atom is -0.307 e. The number of fused-ring (bicyclic) bond motifs is 6. The van der Waals surface area contributed by atoms with Crippen molar-refractivity contribution in [2.24, 2.45) is 0 Å². The van der Waals surface area contributed by atoms with Crippen molar-refractivity contribution in [3.05, 3.63) is 230 Å². The first-order chi connectivity index (χ1) is 32.6. The molecule has 0 unspecified atom stereocenters. The molecule has 12 aromatic rings. The third-order valence-electron chi connectivity index (χ3n) is 12.7. The number of benzene rings is 8. The highest BCUT2D eigenvalue weighted by atomic mass is 15.1. The number of pyridine rings is 2. The van der Waals surface area contributed by atoms with Crippen molar-refractivity contribution in [2.75, 3.05) is 0 Å². The van der Waals surface area contributed by atoms with E-state index >= 15 is 0 Å². The monoisotopic (exact) mass is 840 g/mol. The lowest BCUT2D eigenvalue weighted by Crippen LogP contribution is -2.05. The maximum atomic E-state index is 11.0. The first-order valence-corrected chi connectivity index (χ1v) is 21.8. The van der Waals surface area contributed by atoms with Gasteiger partial charge in [0.2, 0.25) is 0 Å². The summed E-state index contributed by atoms with van der Waals surface area (Å²) in [6.45, 7) is 0. The van der Waals surface area contributed by atoms with Crippen LogP contribution in [-0.2, 0) is 0 Å². The average molecular weight is 841 g/mol. The average Bonchev–Trinajstić information content (AvgIpc) is 3.91. The number of aromatic nitrogens is 4. The Labute approximate surface area is 380 Å². The van der Waals surface area contributed by atoms with E-state index in [-0.39, 0.29) is 0 Å². The van der Waals surface area contributed by atoms with E-state index in [1.807, 2.05) is 73.1 Å². The van der Waals surface area contributed by atoms with Crippen LogP contribution in [0.15, 0.2) is 219 Å². The molecule has 0 atom stereocenters. The van der Waals surface area contributed by atoms with Crippen molar-refractivity contribution < 1.29 is 0 Å². The standard InChI is InChI=1S/C60H36N6/c61-35-39-12-11-17-44(30-39)50-34-60(66-56-21-10-8-19-49(56)52-32-43(25-29-58(52)66)46-23-27-54(64-38-46)41-15-5-2-6-16-41)59(33-47(50)36-62)65-55-20-9-7-18-48(55)51-31-42(24-28-57(51)65)45-22-26-53(63-37-45)40-13-3-1-4-14-40/h1-34,37-38H. The van der Waals surface area contributed by atoms with Gasteiger partial charge in [0.05, 0.1) is 68.1 Å². The maximum absolute atomic E-state index is 11.0. The van der Waals surface area contributed by atoms with Gasteiger partial charge < -0.3 is 9.13 Å². The van der Waals surface area contributed by atoms with Crippen LogP contribution in [0, 0.1) is 22.7 Å². The Balaban J connectivity index is 1.08. The number of hydrogen-bond acceptors (Lipinski definition) is 4. The Hall–Kier alpha value is -9.36. The third-order valence-corrected chi connectivity index (χ3v) is 12.7. The Morgan fingerprint density at radius 3 is 1.30 bits per heavy atom.